The Balaban J connectivity index is 1.41. The van der Waals surface area contributed by atoms with Gasteiger partial charge in [-0.15, -0.1) is 0 Å². The van der Waals surface area contributed by atoms with Gasteiger partial charge in [0.1, 0.15) is 0 Å². The van der Waals surface area contributed by atoms with Crippen molar-refractivity contribution in [3.8, 4) is 0 Å². The van der Waals surface area contributed by atoms with E-state index in [0.29, 0.717) is 23.1 Å². The molecule has 5 nitrogen and oxygen atoms in total. The fourth-order valence-electron chi connectivity index (χ4n) is 5.60. The second-order valence-corrected chi connectivity index (χ2v) is 8.72. The van der Waals surface area contributed by atoms with Crippen molar-refractivity contribution in [1.82, 2.24) is 0 Å². The van der Waals surface area contributed by atoms with Gasteiger partial charge in [-0.05, 0) is 74.8 Å². The molecule has 2 aromatic rings. The van der Waals surface area contributed by atoms with E-state index in [1.54, 1.807) is 24.3 Å². The van der Waals surface area contributed by atoms with Crippen LogP contribution in [0.2, 0.25) is 0 Å². The predicted molar refractivity (Wildman–Crippen MR) is 111 cm³/mol. The molecule has 0 radical (unpaired) electrons. The molecule has 2 aliphatic carbocycles. The number of rotatable bonds is 3. The zero-order valence-electron chi connectivity index (χ0n) is 16.6. The number of amides is 3. The Morgan fingerprint density at radius 3 is 2.31 bits per heavy atom. The Morgan fingerprint density at radius 2 is 1.66 bits per heavy atom. The van der Waals surface area contributed by atoms with E-state index < -0.39 is 0 Å². The van der Waals surface area contributed by atoms with Gasteiger partial charge in [0, 0.05) is 11.3 Å². The lowest BCUT2D eigenvalue weighted by molar-refractivity contribution is -0.123. The van der Waals surface area contributed by atoms with Crippen molar-refractivity contribution in [2.75, 3.05) is 10.2 Å². The van der Waals surface area contributed by atoms with Gasteiger partial charge in [0.05, 0.1) is 17.5 Å². The van der Waals surface area contributed by atoms with Gasteiger partial charge in [0.15, 0.2) is 0 Å². The zero-order valence-corrected chi connectivity index (χ0v) is 16.6. The molecule has 0 aromatic heterocycles. The standard InChI is InChI=1S/C24H24N2O3/c1-13-6-9-19(14(2)10-13)25-22(27)17-4-3-5-18(12-17)26-23(28)20-15-7-8-16(11-15)21(20)24(26)29/h3-6,9-10,12,15-16,20-21H,7-8,11H2,1-2H3,(H,25,27)/t15-,16-,20-,21+/m0/s1. The number of aryl methyl sites for hydroxylation is 2. The summed E-state index contributed by atoms with van der Waals surface area (Å²) in [5.74, 6) is -0.0378. The lowest BCUT2D eigenvalue weighted by Crippen LogP contribution is -2.33. The first-order valence-electron chi connectivity index (χ1n) is 10.3. The van der Waals surface area contributed by atoms with Crippen LogP contribution in [-0.2, 0) is 9.59 Å². The Morgan fingerprint density at radius 1 is 0.966 bits per heavy atom. The van der Waals surface area contributed by atoms with Crippen LogP contribution in [-0.4, -0.2) is 17.7 Å². The summed E-state index contributed by atoms with van der Waals surface area (Å²) in [5.41, 5.74) is 3.81. The van der Waals surface area contributed by atoms with Crippen LogP contribution in [0.4, 0.5) is 11.4 Å². The molecular formula is C24H24N2O3. The number of carbonyl (C=O) groups is 3. The van der Waals surface area contributed by atoms with Crippen LogP contribution in [0.5, 0.6) is 0 Å². The molecule has 3 fully saturated rings. The highest BCUT2D eigenvalue weighted by atomic mass is 16.2. The number of imide groups is 1. The molecule has 0 spiro atoms. The van der Waals surface area contributed by atoms with Crippen LogP contribution in [0.15, 0.2) is 42.5 Å². The van der Waals surface area contributed by atoms with Crippen LogP contribution in [0.25, 0.3) is 0 Å². The Hall–Kier alpha value is -2.95. The first-order chi connectivity index (χ1) is 13.9. The third-order valence-corrected chi connectivity index (χ3v) is 6.92. The lowest BCUT2D eigenvalue weighted by atomic mass is 9.81. The van der Waals surface area contributed by atoms with Crippen molar-refractivity contribution in [3.05, 3.63) is 59.2 Å². The molecule has 1 aliphatic heterocycles. The zero-order chi connectivity index (χ0) is 20.3. The van der Waals surface area contributed by atoms with Gasteiger partial charge in [0.2, 0.25) is 11.8 Å². The summed E-state index contributed by atoms with van der Waals surface area (Å²) < 4.78 is 0. The first-order valence-corrected chi connectivity index (χ1v) is 10.3. The topological polar surface area (TPSA) is 66.5 Å². The van der Waals surface area contributed by atoms with Gasteiger partial charge in [-0.25, -0.2) is 0 Å². The molecule has 0 unspecified atom stereocenters. The molecule has 1 saturated heterocycles. The van der Waals surface area contributed by atoms with Crippen molar-refractivity contribution in [1.29, 1.82) is 0 Å². The van der Waals surface area contributed by atoms with E-state index in [0.717, 1.165) is 36.1 Å². The molecule has 1 heterocycles. The third-order valence-electron chi connectivity index (χ3n) is 6.92. The number of nitrogens with zero attached hydrogens (tertiary/aromatic N) is 1. The van der Waals surface area contributed by atoms with Crippen LogP contribution in [0.1, 0.15) is 40.7 Å². The molecule has 3 amide bonds. The number of carbonyl (C=O) groups excluding carboxylic acids is 3. The minimum Gasteiger partial charge on any atom is -0.322 e. The van der Waals surface area contributed by atoms with E-state index in [1.165, 1.54) is 4.90 Å². The van der Waals surface area contributed by atoms with Gasteiger partial charge < -0.3 is 5.32 Å². The van der Waals surface area contributed by atoms with E-state index in [1.807, 2.05) is 32.0 Å². The monoisotopic (exact) mass is 388 g/mol. The molecule has 4 atom stereocenters. The quantitative estimate of drug-likeness (QED) is 0.806. The van der Waals surface area contributed by atoms with Crippen molar-refractivity contribution in [3.63, 3.8) is 0 Å². The van der Waals surface area contributed by atoms with Crippen molar-refractivity contribution in [2.24, 2.45) is 23.7 Å². The normalized spacial score (nSPS) is 27.4. The third kappa shape index (κ3) is 2.79. The summed E-state index contributed by atoms with van der Waals surface area (Å²) in [7, 11) is 0. The summed E-state index contributed by atoms with van der Waals surface area (Å²) >= 11 is 0. The largest absolute Gasteiger partial charge is 0.322 e. The van der Waals surface area contributed by atoms with Gasteiger partial charge in [0.25, 0.3) is 5.91 Å². The molecular weight excluding hydrogens is 364 g/mol. The molecule has 29 heavy (non-hydrogen) atoms. The highest BCUT2D eigenvalue weighted by molar-refractivity contribution is 6.23. The summed E-state index contributed by atoms with van der Waals surface area (Å²) in [6.07, 6.45) is 3.12. The highest BCUT2D eigenvalue weighted by Gasteiger charge is 2.61. The maximum Gasteiger partial charge on any atom is 0.255 e. The minimum atomic E-state index is -0.252. The Labute approximate surface area is 170 Å². The molecule has 5 rings (SSSR count). The van der Waals surface area contributed by atoms with Crippen molar-refractivity contribution in [2.45, 2.75) is 33.1 Å². The van der Waals surface area contributed by atoms with Gasteiger partial charge in [-0.3, -0.25) is 19.3 Å². The molecule has 148 valence electrons. The number of benzene rings is 2. The van der Waals surface area contributed by atoms with E-state index >= 15 is 0 Å². The maximum atomic E-state index is 13.0. The predicted octanol–water partition coefficient (Wildman–Crippen LogP) is 4.09. The summed E-state index contributed by atoms with van der Waals surface area (Å²) in [4.78, 5) is 40.2. The Kier molecular flexibility index (Phi) is 4.09. The maximum absolute atomic E-state index is 13.0. The van der Waals surface area contributed by atoms with Crippen molar-refractivity contribution < 1.29 is 14.4 Å². The van der Waals surface area contributed by atoms with Gasteiger partial charge in [-0.2, -0.15) is 0 Å². The van der Waals surface area contributed by atoms with Crippen LogP contribution >= 0.6 is 0 Å². The fourth-order valence-corrected chi connectivity index (χ4v) is 5.60. The van der Waals surface area contributed by atoms with Crippen LogP contribution in [0.3, 0.4) is 0 Å². The lowest BCUT2D eigenvalue weighted by Gasteiger charge is -2.19. The van der Waals surface area contributed by atoms with E-state index in [9.17, 15) is 14.4 Å². The molecule has 2 bridgehead atoms. The smallest absolute Gasteiger partial charge is 0.255 e. The average Bonchev–Trinajstić information content (AvgIpc) is 3.38. The average molecular weight is 388 g/mol. The number of anilines is 2. The molecule has 2 saturated carbocycles. The van der Waals surface area contributed by atoms with E-state index in [2.05, 4.69) is 5.32 Å². The summed E-state index contributed by atoms with van der Waals surface area (Å²) in [6.45, 7) is 3.96. The first kappa shape index (κ1) is 18.1. The summed E-state index contributed by atoms with van der Waals surface area (Å²) in [6, 6.07) is 12.7. The van der Waals surface area contributed by atoms with Crippen LogP contribution < -0.4 is 10.2 Å². The second kappa shape index (κ2) is 6.55. The number of hydrogen-bond acceptors (Lipinski definition) is 3. The SMILES string of the molecule is Cc1ccc(NC(=O)c2cccc(N3C(=O)[C@@H]4[C@H]5CC[C@@H](C5)[C@@H]4C3=O)c2)c(C)c1. The fraction of sp³-hybridized carbons (Fsp3) is 0.375. The summed E-state index contributed by atoms with van der Waals surface area (Å²) in [5, 5.41) is 2.93. The van der Waals surface area contributed by atoms with Crippen molar-refractivity contribution >= 4 is 29.1 Å². The van der Waals surface area contributed by atoms with Gasteiger partial charge >= 0.3 is 0 Å². The highest BCUT2D eigenvalue weighted by Crippen LogP contribution is 2.56. The minimum absolute atomic E-state index is 0.0841. The number of hydrogen-bond donors (Lipinski definition) is 1. The number of nitrogens with one attached hydrogen (secondary N) is 1. The van der Waals surface area contributed by atoms with E-state index in [-0.39, 0.29) is 29.6 Å². The second-order valence-electron chi connectivity index (χ2n) is 8.72. The molecule has 1 N–H and O–H groups in total. The number of fused-ring (bicyclic) bond motifs is 5. The molecule has 3 aliphatic rings. The van der Waals surface area contributed by atoms with E-state index in [4.69, 9.17) is 0 Å². The molecule has 2 aromatic carbocycles. The molecule has 5 heteroatoms. The van der Waals surface area contributed by atoms with Gasteiger partial charge in [-0.1, -0.05) is 23.8 Å². The Bertz CT molecular complexity index is 1020. The van der Waals surface area contributed by atoms with Crippen LogP contribution in [0, 0.1) is 37.5 Å².